The van der Waals surface area contributed by atoms with Gasteiger partial charge in [-0.1, -0.05) is 27.5 Å². The lowest BCUT2D eigenvalue weighted by molar-refractivity contribution is -0.148. The van der Waals surface area contributed by atoms with Gasteiger partial charge in [0.2, 0.25) is 0 Å². The van der Waals surface area contributed by atoms with Gasteiger partial charge in [0.05, 0.1) is 12.1 Å². The van der Waals surface area contributed by atoms with Crippen molar-refractivity contribution in [2.75, 3.05) is 12.4 Å². The molecule has 0 spiro atoms. The van der Waals surface area contributed by atoms with Crippen LogP contribution in [0.4, 0.5) is 4.39 Å². The van der Waals surface area contributed by atoms with E-state index < -0.39 is 17.9 Å². The zero-order valence-electron chi connectivity index (χ0n) is 9.08. The molecule has 0 radical (unpaired) electrons. The maximum Gasteiger partial charge on any atom is 0.347 e. The Hall–Kier alpha value is -0.810. The van der Waals surface area contributed by atoms with Crippen molar-refractivity contribution in [1.82, 2.24) is 0 Å². The first-order chi connectivity index (χ1) is 8.08. The third kappa shape index (κ3) is 4.16. The molecule has 0 bridgehead atoms. The predicted molar refractivity (Wildman–Crippen MR) is 66.3 cm³/mol. The smallest absolute Gasteiger partial charge is 0.347 e. The van der Waals surface area contributed by atoms with E-state index in [0.717, 1.165) is 6.07 Å². The number of hydrogen-bond donors (Lipinski definition) is 0. The summed E-state index contributed by atoms with van der Waals surface area (Å²) < 4.78 is 23.1. The molecule has 0 N–H and O–H groups in total. The van der Waals surface area contributed by atoms with Crippen LogP contribution in [-0.2, 0) is 9.53 Å². The van der Waals surface area contributed by atoms with Crippen molar-refractivity contribution in [3.05, 3.63) is 29.0 Å². The fourth-order valence-electron chi connectivity index (χ4n) is 1.17. The molecule has 1 aromatic carbocycles. The summed E-state index contributed by atoms with van der Waals surface area (Å²) in [5.41, 5.74) is 0. The minimum atomic E-state index is -0.764. The highest BCUT2D eigenvalue weighted by atomic mass is 79.9. The van der Waals surface area contributed by atoms with Crippen LogP contribution in [0, 0.1) is 5.82 Å². The summed E-state index contributed by atoms with van der Waals surface area (Å²) in [7, 11) is 1.27. The molecule has 0 amide bonds. The largest absolute Gasteiger partial charge is 0.479 e. The normalized spacial score (nSPS) is 12.0. The lowest BCUT2D eigenvalue weighted by atomic mass is 10.2. The fourth-order valence-corrected chi connectivity index (χ4v) is 1.70. The monoisotopic (exact) mass is 324 g/mol. The summed E-state index contributed by atoms with van der Waals surface area (Å²) in [6, 6.07) is 4.00. The Morgan fingerprint density at radius 1 is 1.59 bits per heavy atom. The Bertz CT molecular complexity index is 400. The first-order valence-corrected chi connectivity index (χ1v) is 6.34. The van der Waals surface area contributed by atoms with Crippen LogP contribution in [0.2, 0.25) is 5.02 Å². The fraction of sp³-hybridized carbons (Fsp3) is 0.364. The molecule has 1 unspecified atom stereocenters. The Morgan fingerprint density at radius 3 is 2.82 bits per heavy atom. The predicted octanol–water partition coefficient (Wildman–Crippen LogP) is 3.18. The summed E-state index contributed by atoms with van der Waals surface area (Å²) in [6.45, 7) is 0. The lowest BCUT2D eigenvalue weighted by Crippen LogP contribution is -2.29. The van der Waals surface area contributed by atoms with E-state index in [1.54, 1.807) is 0 Å². The van der Waals surface area contributed by atoms with E-state index in [1.807, 2.05) is 0 Å². The SMILES string of the molecule is COC(=O)C(CCBr)Oc1ccc(Cl)c(F)c1. The van der Waals surface area contributed by atoms with Crippen LogP contribution in [0.25, 0.3) is 0 Å². The van der Waals surface area contributed by atoms with Crippen LogP contribution in [-0.4, -0.2) is 24.5 Å². The third-order valence-electron chi connectivity index (χ3n) is 2.00. The molecule has 94 valence electrons. The number of esters is 1. The van der Waals surface area contributed by atoms with E-state index in [-0.39, 0.29) is 10.8 Å². The number of rotatable bonds is 5. The van der Waals surface area contributed by atoms with Gasteiger partial charge >= 0.3 is 5.97 Å². The average molecular weight is 326 g/mol. The van der Waals surface area contributed by atoms with Crippen LogP contribution in [0.1, 0.15) is 6.42 Å². The van der Waals surface area contributed by atoms with E-state index in [1.165, 1.54) is 19.2 Å². The Labute approximate surface area is 112 Å². The third-order valence-corrected chi connectivity index (χ3v) is 2.77. The molecule has 0 saturated carbocycles. The molecule has 0 aliphatic heterocycles. The van der Waals surface area contributed by atoms with E-state index in [4.69, 9.17) is 16.3 Å². The first-order valence-electron chi connectivity index (χ1n) is 4.84. The summed E-state index contributed by atoms with van der Waals surface area (Å²) in [5, 5.41) is 0.579. The van der Waals surface area contributed by atoms with Crippen molar-refractivity contribution in [1.29, 1.82) is 0 Å². The van der Waals surface area contributed by atoms with E-state index in [2.05, 4.69) is 20.7 Å². The van der Waals surface area contributed by atoms with Gasteiger partial charge in [-0.15, -0.1) is 0 Å². The maximum atomic E-state index is 13.2. The molecule has 0 saturated heterocycles. The van der Waals surface area contributed by atoms with Gasteiger partial charge < -0.3 is 9.47 Å². The molecule has 3 nitrogen and oxygen atoms in total. The lowest BCUT2D eigenvalue weighted by Gasteiger charge is -2.15. The second kappa shape index (κ2) is 6.81. The minimum absolute atomic E-state index is 0.00691. The van der Waals surface area contributed by atoms with Gasteiger partial charge in [-0.05, 0) is 12.1 Å². The summed E-state index contributed by atoms with van der Waals surface area (Å²) >= 11 is 8.74. The minimum Gasteiger partial charge on any atom is -0.479 e. The number of methoxy groups -OCH3 is 1. The first kappa shape index (κ1) is 14.3. The van der Waals surface area contributed by atoms with Crippen LogP contribution < -0.4 is 4.74 Å². The van der Waals surface area contributed by atoms with Gasteiger partial charge in [0.25, 0.3) is 0 Å². The van der Waals surface area contributed by atoms with Crippen molar-refractivity contribution in [3.8, 4) is 5.75 Å². The zero-order chi connectivity index (χ0) is 12.8. The number of alkyl halides is 1. The number of benzene rings is 1. The highest BCUT2D eigenvalue weighted by Gasteiger charge is 2.20. The van der Waals surface area contributed by atoms with Crippen molar-refractivity contribution < 1.29 is 18.7 Å². The van der Waals surface area contributed by atoms with Crippen LogP contribution >= 0.6 is 27.5 Å². The summed E-state index contributed by atoms with van der Waals surface area (Å²) in [4.78, 5) is 11.4. The second-order valence-electron chi connectivity index (χ2n) is 3.18. The van der Waals surface area contributed by atoms with Gasteiger partial charge in [-0.25, -0.2) is 9.18 Å². The van der Waals surface area contributed by atoms with Gasteiger partial charge in [0.15, 0.2) is 6.10 Å². The van der Waals surface area contributed by atoms with Crippen molar-refractivity contribution in [3.63, 3.8) is 0 Å². The topological polar surface area (TPSA) is 35.5 Å². The van der Waals surface area contributed by atoms with Gasteiger partial charge in [0, 0.05) is 17.8 Å². The van der Waals surface area contributed by atoms with Gasteiger partial charge in [-0.3, -0.25) is 0 Å². The number of carbonyl (C=O) groups is 1. The molecule has 0 aliphatic carbocycles. The Balaban J connectivity index is 2.78. The van der Waals surface area contributed by atoms with Crippen molar-refractivity contribution in [2.45, 2.75) is 12.5 Å². The highest BCUT2D eigenvalue weighted by molar-refractivity contribution is 9.09. The van der Waals surface area contributed by atoms with E-state index >= 15 is 0 Å². The summed E-state index contributed by atoms with van der Waals surface area (Å²) in [6.07, 6.45) is -0.336. The molecule has 0 aromatic heterocycles. The van der Waals surface area contributed by atoms with Crippen LogP contribution in [0.3, 0.4) is 0 Å². The highest BCUT2D eigenvalue weighted by Crippen LogP contribution is 2.22. The molecular formula is C11H11BrClFO3. The average Bonchev–Trinajstić information content (AvgIpc) is 2.32. The molecule has 1 atom stereocenters. The summed E-state index contributed by atoms with van der Waals surface area (Å²) in [5.74, 6) is -0.852. The maximum absolute atomic E-state index is 13.2. The molecule has 0 heterocycles. The molecule has 0 aliphatic rings. The number of ether oxygens (including phenoxy) is 2. The molecular weight excluding hydrogens is 314 g/mol. The standard InChI is InChI=1S/C11H11BrClFO3/c1-16-11(15)10(4-5-12)17-7-2-3-8(13)9(14)6-7/h2-3,6,10H,4-5H2,1H3. The molecule has 0 fully saturated rings. The van der Waals surface area contributed by atoms with Crippen LogP contribution in [0.15, 0.2) is 18.2 Å². The van der Waals surface area contributed by atoms with E-state index in [9.17, 15) is 9.18 Å². The van der Waals surface area contributed by atoms with E-state index in [0.29, 0.717) is 11.8 Å². The second-order valence-corrected chi connectivity index (χ2v) is 4.38. The van der Waals surface area contributed by atoms with Crippen LogP contribution in [0.5, 0.6) is 5.75 Å². The van der Waals surface area contributed by atoms with Crippen molar-refractivity contribution in [2.24, 2.45) is 0 Å². The quantitative estimate of drug-likeness (QED) is 0.616. The Kier molecular flexibility index (Phi) is 5.71. The number of carbonyl (C=O) groups excluding carboxylic acids is 1. The molecule has 1 aromatic rings. The molecule has 6 heteroatoms. The van der Waals surface area contributed by atoms with Gasteiger partial charge in [-0.2, -0.15) is 0 Å². The van der Waals surface area contributed by atoms with Crippen molar-refractivity contribution >= 4 is 33.5 Å². The molecule has 1 rings (SSSR count). The number of hydrogen-bond acceptors (Lipinski definition) is 3. The molecule has 17 heavy (non-hydrogen) atoms. The Morgan fingerprint density at radius 2 is 2.29 bits per heavy atom. The number of halogens is 3. The van der Waals surface area contributed by atoms with Gasteiger partial charge in [0.1, 0.15) is 11.6 Å². The zero-order valence-corrected chi connectivity index (χ0v) is 11.4.